The first-order valence-electron chi connectivity index (χ1n) is 4.79. The molecular weight excluding hydrogens is 194 g/mol. The van der Waals surface area contributed by atoms with E-state index in [0.29, 0.717) is 0 Å². The number of guanidine groups is 1. The first-order chi connectivity index (χ1) is 6.89. The Morgan fingerprint density at radius 3 is 2.73 bits per heavy atom. The summed E-state index contributed by atoms with van der Waals surface area (Å²) >= 11 is 0. The number of carbonyl (C=O) groups is 1. The van der Waals surface area contributed by atoms with Crippen molar-refractivity contribution in [2.24, 2.45) is 10.7 Å². The summed E-state index contributed by atoms with van der Waals surface area (Å²) in [7, 11) is 0. The van der Waals surface area contributed by atoms with Gasteiger partial charge in [0.05, 0.1) is 0 Å². The van der Waals surface area contributed by atoms with Gasteiger partial charge in [-0.2, -0.15) is 0 Å². The molecule has 6 heteroatoms. The summed E-state index contributed by atoms with van der Waals surface area (Å²) in [5.74, 6) is 0.166. The quantitative estimate of drug-likeness (QED) is 0.598. The zero-order valence-electron chi connectivity index (χ0n) is 9.06. The van der Waals surface area contributed by atoms with Gasteiger partial charge in [-0.3, -0.25) is 10.2 Å². The molecule has 0 radical (unpaired) electrons. The maximum Gasteiger partial charge on any atom is 0.331 e. The van der Waals surface area contributed by atoms with Crippen LogP contribution in [0.15, 0.2) is 17.4 Å². The third-order valence-electron chi connectivity index (χ3n) is 2.38. The second-order valence-corrected chi connectivity index (χ2v) is 4.57. The minimum atomic E-state index is -0.348. The molecule has 3 N–H and O–H groups in total. The van der Waals surface area contributed by atoms with Crippen LogP contribution in [-0.4, -0.2) is 33.6 Å². The Hall–Kier alpha value is -1.72. The third kappa shape index (κ3) is 1.51. The maximum atomic E-state index is 11.5. The Balaban J connectivity index is 2.32. The normalized spacial score (nSPS) is 25.1. The van der Waals surface area contributed by atoms with Gasteiger partial charge in [-0.05, 0) is 20.8 Å². The number of aliphatic imine (C=N–C) groups is 1. The first-order valence-corrected chi connectivity index (χ1v) is 4.79. The number of hydrogen-bond donors (Lipinski definition) is 2. The zero-order valence-corrected chi connectivity index (χ0v) is 9.06. The standard InChI is InChI=1S/C9H15N5O/c1-9(2,3)14-5-4-13-7(14)11-6(10)12-8(13)15/h4-5,7H,1-3H3,(H3,10,11,12,15). The van der Waals surface area contributed by atoms with Gasteiger partial charge in [0.1, 0.15) is 0 Å². The van der Waals surface area contributed by atoms with Gasteiger partial charge in [0.15, 0.2) is 0 Å². The molecule has 2 rings (SSSR count). The summed E-state index contributed by atoms with van der Waals surface area (Å²) < 4.78 is 0. The van der Waals surface area contributed by atoms with Gasteiger partial charge in [0.2, 0.25) is 12.2 Å². The summed E-state index contributed by atoms with van der Waals surface area (Å²) in [5.41, 5.74) is 5.42. The van der Waals surface area contributed by atoms with Crippen LogP contribution in [0.3, 0.4) is 0 Å². The van der Waals surface area contributed by atoms with E-state index < -0.39 is 0 Å². The number of nitrogens with one attached hydrogen (secondary N) is 1. The van der Waals surface area contributed by atoms with Crippen LogP contribution in [0.1, 0.15) is 20.8 Å². The molecule has 0 aliphatic carbocycles. The van der Waals surface area contributed by atoms with E-state index in [-0.39, 0.29) is 23.8 Å². The van der Waals surface area contributed by atoms with Crippen molar-refractivity contribution in [1.29, 1.82) is 0 Å². The van der Waals surface area contributed by atoms with Gasteiger partial charge in [-0.25, -0.2) is 9.79 Å². The molecule has 2 heterocycles. The fourth-order valence-electron chi connectivity index (χ4n) is 1.63. The zero-order chi connectivity index (χ0) is 11.2. The highest BCUT2D eigenvalue weighted by Gasteiger charge is 2.38. The second kappa shape index (κ2) is 2.88. The largest absolute Gasteiger partial charge is 0.369 e. The molecule has 2 amide bonds. The van der Waals surface area contributed by atoms with E-state index in [2.05, 4.69) is 31.1 Å². The van der Waals surface area contributed by atoms with Crippen molar-refractivity contribution in [3.05, 3.63) is 12.4 Å². The Morgan fingerprint density at radius 2 is 2.13 bits per heavy atom. The molecule has 2 aliphatic heterocycles. The number of nitrogens with two attached hydrogens (primary N) is 1. The maximum absolute atomic E-state index is 11.5. The predicted octanol–water partition coefficient (Wildman–Crippen LogP) is 0.195. The molecule has 0 saturated heterocycles. The fraction of sp³-hybridized carbons (Fsp3) is 0.556. The monoisotopic (exact) mass is 209 g/mol. The van der Waals surface area contributed by atoms with Crippen LogP contribution in [0.4, 0.5) is 4.79 Å². The molecule has 6 nitrogen and oxygen atoms in total. The molecule has 0 aromatic carbocycles. The predicted molar refractivity (Wildman–Crippen MR) is 56.5 cm³/mol. The third-order valence-corrected chi connectivity index (χ3v) is 2.38. The van der Waals surface area contributed by atoms with Gasteiger partial charge >= 0.3 is 6.03 Å². The number of fused-ring (bicyclic) bond motifs is 1. The number of hydrogen-bond acceptors (Lipinski definition) is 4. The lowest BCUT2D eigenvalue weighted by atomic mass is 10.1. The molecule has 0 spiro atoms. The SMILES string of the molecule is CC(C)(C)N1C=CN2C(=O)NC(N)=NC21. The average molecular weight is 209 g/mol. The number of carbonyl (C=O) groups excluding carboxylic acids is 1. The van der Waals surface area contributed by atoms with Gasteiger partial charge in [-0.1, -0.05) is 0 Å². The van der Waals surface area contributed by atoms with E-state index >= 15 is 0 Å². The van der Waals surface area contributed by atoms with E-state index in [1.54, 1.807) is 6.20 Å². The van der Waals surface area contributed by atoms with Crippen LogP contribution in [0.2, 0.25) is 0 Å². The highest BCUT2D eigenvalue weighted by atomic mass is 16.2. The Morgan fingerprint density at radius 1 is 1.47 bits per heavy atom. The van der Waals surface area contributed by atoms with Gasteiger partial charge < -0.3 is 10.6 Å². The smallest absolute Gasteiger partial charge is 0.331 e. The van der Waals surface area contributed by atoms with Crippen LogP contribution < -0.4 is 11.1 Å². The van der Waals surface area contributed by atoms with E-state index in [4.69, 9.17) is 5.73 Å². The Bertz CT molecular complexity index is 354. The molecule has 0 saturated carbocycles. The summed E-state index contributed by atoms with van der Waals surface area (Å²) in [4.78, 5) is 19.2. The van der Waals surface area contributed by atoms with E-state index in [1.165, 1.54) is 4.90 Å². The van der Waals surface area contributed by atoms with Gasteiger partial charge in [0, 0.05) is 17.9 Å². The molecule has 1 atom stereocenters. The average Bonchev–Trinajstić information content (AvgIpc) is 2.45. The summed E-state index contributed by atoms with van der Waals surface area (Å²) in [6, 6.07) is -0.240. The summed E-state index contributed by atoms with van der Waals surface area (Å²) in [5, 5.41) is 2.46. The minimum Gasteiger partial charge on any atom is -0.369 e. The Labute approximate surface area is 88.4 Å². The van der Waals surface area contributed by atoms with Crippen molar-refractivity contribution in [3.8, 4) is 0 Å². The molecule has 1 unspecified atom stereocenters. The summed E-state index contributed by atoms with van der Waals surface area (Å²) in [6.07, 6.45) is 3.21. The highest BCUT2D eigenvalue weighted by Crippen LogP contribution is 2.27. The van der Waals surface area contributed by atoms with Crippen molar-refractivity contribution < 1.29 is 4.79 Å². The molecule has 2 aliphatic rings. The highest BCUT2D eigenvalue weighted by molar-refractivity contribution is 5.97. The van der Waals surface area contributed by atoms with Crippen molar-refractivity contribution >= 4 is 12.0 Å². The number of urea groups is 1. The molecular formula is C9H15N5O. The first kappa shape index (κ1) is 9.82. The van der Waals surface area contributed by atoms with E-state index in [9.17, 15) is 4.79 Å². The number of nitrogens with zero attached hydrogens (tertiary/aromatic N) is 3. The van der Waals surface area contributed by atoms with Crippen LogP contribution in [-0.2, 0) is 0 Å². The van der Waals surface area contributed by atoms with Crippen LogP contribution >= 0.6 is 0 Å². The van der Waals surface area contributed by atoms with Crippen LogP contribution in [0, 0.1) is 0 Å². The molecule has 0 aromatic rings. The summed E-state index contributed by atoms with van der Waals surface area (Å²) in [6.45, 7) is 6.16. The fourth-order valence-corrected chi connectivity index (χ4v) is 1.63. The second-order valence-electron chi connectivity index (χ2n) is 4.57. The van der Waals surface area contributed by atoms with Gasteiger partial charge in [0.25, 0.3) is 0 Å². The van der Waals surface area contributed by atoms with Crippen LogP contribution in [0.5, 0.6) is 0 Å². The van der Waals surface area contributed by atoms with Crippen LogP contribution in [0.25, 0.3) is 0 Å². The lowest BCUT2D eigenvalue weighted by Gasteiger charge is -2.39. The topological polar surface area (TPSA) is 74.0 Å². The lowest BCUT2D eigenvalue weighted by molar-refractivity contribution is 0.0934. The van der Waals surface area contributed by atoms with E-state index in [0.717, 1.165) is 0 Å². The molecule has 0 fully saturated rings. The molecule has 0 bridgehead atoms. The number of rotatable bonds is 0. The van der Waals surface area contributed by atoms with Gasteiger partial charge in [-0.15, -0.1) is 0 Å². The Kier molecular flexibility index (Phi) is 1.89. The lowest BCUT2D eigenvalue weighted by Crippen LogP contribution is -2.57. The van der Waals surface area contributed by atoms with Crippen molar-refractivity contribution in [2.75, 3.05) is 0 Å². The molecule has 0 aromatic heterocycles. The van der Waals surface area contributed by atoms with Crippen molar-refractivity contribution in [1.82, 2.24) is 15.1 Å². The molecule has 82 valence electrons. The van der Waals surface area contributed by atoms with Crippen molar-refractivity contribution in [2.45, 2.75) is 32.6 Å². The van der Waals surface area contributed by atoms with Crippen molar-refractivity contribution in [3.63, 3.8) is 0 Å². The van der Waals surface area contributed by atoms with E-state index in [1.807, 2.05) is 11.1 Å². The number of amides is 2. The molecule has 15 heavy (non-hydrogen) atoms. The minimum absolute atomic E-state index is 0.0999.